The summed E-state index contributed by atoms with van der Waals surface area (Å²) in [5.41, 5.74) is -0.251. The van der Waals surface area contributed by atoms with Crippen molar-refractivity contribution >= 4 is 11.8 Å². The molecule has 5 heteroatoms. The van der Waals surface area contributed by atoms with Crippen LogP contribution in [0.1, 0.15) is 42.5 Å². The van der Waals surface area contributed by atoms with Gasteiger partial charge < -0.3 is 15.1 Å². The number of carbonyl (C=O) groups is 1. The van der Waals surface area contributed by atoms with Crippen LogP contribution in [0.4, 0.5) is 5.82 Å². The van der Waals surface area contributed by atoms with E-state index in [1.165, 1.54) is 12.5 Å². The summed E-state index contributed by atoms with van der Waals surface area (Å²) in [6.45, 7) is 1.51. The van der Waals surface area contributed by atoms with E-state index in [1.54, 1.807) is 12.3 Å². The first-order valence-corrected chi connectivity index (χ1v) is 7.25. The van der Waals surface area contributed by atoms with Gasteiger partial charge in [-0.2, -0.15) is 0 Å². The maximum atomic E-state index is 11.0. The largest absolute Gasteiger partial charge is 0.478 e. The fourth-order valence-corrected chi connectivity index (χ4v) is 3.50. The van der Waals surface area contributed by atoms with Crippen LogP contribution in [-0.2, 0) is 0 Å². The van der Waals surface area contributed by atoms with Crippen LogP contribution < -0.4 is 4.90 Å². The minimum absolute atomic E-state index is 0.263. The van der Waals surface area contributed by atoms with Gasteiger partial charge in [0.2, 0.25) is 0 Å². The monoisotopic (exact) mass is 276 g/mol. The second-order valence-electron chi connectivity index (χ2n) is 5.95. The van der Waals surface area contributed by atoms with Gasteiger partial charge in [0, 0.05) is 25.2 Å². The van der Waals surface area contributed by atoms with Crippen molar-refractivity contribution in [1.82, 2.24) is 4.98 Å². The van der Waals surface area contributed by atoms with Gasteiger partial charge in [0.25, 0.3) is 0 Å². The number of nitrogens with zero attached hydrogens (tertiary/aromatic N) is 2. The molecule has 2 aliphatic rings. The number of carboxylic acids is 1. The molecule has 1 saturated carbocycles. The Kier molecular flexibility index (Phi) is 3.38. The van der Waals surface area contributed by atoms with E-state index in [2.05, 4.69) is 9.88 Å². The van der Waals surface area contributed by atoms with E-state index in [4.69, 9.17) is 5.11 Å². The lowest BCUT2D eigenvalue weighted by atomic mass is 9.71. The van der Waals surface area contributed by atoms with Gasteiger partial charge in [0.1, 0.15) is 5.82 Å². The third-order valence-electron chi connectivity index (χ3n) is 4.74. The van der Waals surface area contributed by atoms with Crippen LogP contribution in [0.5, 0.6) is 0 Å². The standard InChI is InChI=1S/C15H20N2O3/c18-14(19)11-4-7-16-13(9-11)17-8-6-15(20)5-2-1-3-12(15)10-17/h4,7,9,12,20H,1-3,5-6,8,10H2,(H,18,19). The summed E-state index contributed by atoms with van der Waals surface area (Å²) in [4.78, 5) is 17.4. The van der Waals surface area contributed by atoms with Gasteiger partial charge >= 0.3 is 5.97 Å². The van der Waals surface area contributed by atoms with Gasteiger partial charge in [-0.25, -0.2) is 9.78 Å². The number of hydrogen-bond donors (Lipinski definition) is 2. The number of piperidine rings is 1. The SMILES string of the molecule is O=C(O)c1ccnc(N2CCC3(O)CCCCC3C2)c1. The quantitative estimate of drug-likeness (QED) is 0.863. The van der Waals surface area contributed by atoms with Crippen molar-refractivity contribution in [2.45, 2.75) is 37.7 Å². The number of aromatic carboxylic acids is 1. The summed E-state index contributed by atoms with van der Waals surface area (Å²) < 4.78 is 0. The minimum atomic E-state index is -0.931. The topological polar surface area (TPSA) is 73.7 Å². The van der Waals surface area contributed by atoms with Crippen molar-refractivity contribution in [1.29, 1.82) is 0 Å². The van der Waals surface area contributed by atoms with Crippen molar-refractivity contribution < 1.29 is 15.0 Å². The predicted molar refractivity (Wildman–Crippen MR) is 74.9 cm³/mol. The highest BCUT2D eigenvalue weighted by Crippen LogP contribution is 2.40. The van der Waals surface area contributed by atoms with E-state index in [1.807, 2.05) is 0 Å². The number of anilines is 1. The van der Waals surface area contributed by atoms with Crippen LogP contribution >= 0.6 is 0 Å². The Morgan fingerprint density at radius 2 is 2.25 bits per heavy atom. The number of aliphatic hydroxyl groups is 1. The molecule has 0 radical (unpaired) electrons. The van der Waals surface area contributed by atoms with E-state index in [9.17, 15) is 9.90 Å². The highest BCUT2D eigenvalue weighted by molar-refractivity contribution is 5.88. The molecular weight excluding hydrogens is 256 g/mol. The molecule has 1 aliphatic carbocycles. The van der Waals surface area contributed by atoms with Crippen LogP contribution in [0.3, 0.4) is 0 Å². The Balaban J connectivity index is 1.79. The Labute approximate surface area is 118 Å². The van der Waals surface area contributed by atoms with Gasteiger partial charge in [0.15, 0.2) is 0 Å². The Bertz CT molecular complexity index is 520. The molecule has 3 rings (SSSR count). The molecule has 0 aromatic carbocycles. The summed E-state index contributed by atoms with van der Waals surface area (Å²) in [5.74, 6) is 0.0534. The first-order valence-electron chi connectivity index (χ1n) is 7.25. The molecule has 2 fully saturated rings. The minimum Gasteiger partial charge on any atom is -0.478 e. The lowest BCUT2D eigenvalue weighted by Crippen LogP contribution is -2.53. The molecule has 0 bridgehead atoms. The summed E-state index contributed by atoms with van der Waals surface area (Å²) in [7, 11) is 0. The first-order chi connectivity index (χ1) is 9.58. The zero-order valence-electron chi connectivity index (χ0n) is 11.5. The van der Waals surface area contributed by atoms with E-state index < -0.39 is 11.6 Å². The molecule has 1 aliphatic heterocycles. The van der Waals surface area contributed by atoms with Gasteiger partial charge in [-0.1, -0.05) is 12.8 Å². The predicted octanol–water partition coefficient (Wildman–Crippen LogP) is 1.91. The highest BCUT2D eigenvalue weighted by Gasteiger charge is 2.42. The molecular formula is C15H20N2O3. The number of aromatic nitrogens is 1. The fraction of sp³-hybridized carbons (Fsp3) is 0.600. The number of rotatable bonds is 2. The van der Waals surface area contributed by atoms with Crippen LogP contribution in [0.15, 0.2) is 18.3 Å². The molecule has 1 aromatic rings. The molecule has 2 unspecified atom stereocenters. The van der Waals surface area contributed by atoms with Gasteiger partial charge in [0.05, 0.1) is 11.2 Å². The first kappa shape index (κ1) is 13.4. The average molecular weight is 276 g/mol. The van der Waals surface area contributed by atoms with Crippen molar-refractivity contribution in [2.75, 3.05) is 18.0 Å². The Morgan fingerprint density at radius 1 is 1.40 bits per heavy atom. The normalized spacial score (nSPS) is 29.9. The lowest BCUT2D eigenvalue weighted by Gasteiger charge is -2.47. The summed E-state index contributed by atoms with van der Waals surface area (Å²) in [6.07, 6.45) is 6.51. The van der Waals surface area contributed by atoms with Crippen LogP contribution in [0.2, 0.25) is 0 Å². The molecule has 0 amide bonds. The maximum Gasteiger partial charge on any atom is 0.335 e. The molecule has 1 saturated heterocycles. The fourth-order valence-electron chi connectivity index (χ4n) is 3.50. The van der Waals surface area contributed by atoms with Crippen LogP contribution in [0.25, 0.3) is 0 Å². The zero-order valence-corrected chi connectivity index (χ0v) is 11.5. The molecule has 20 heavy (non-hydrogen) atoms. The van der Waals surface area contributed by atoms with Gasteiger partial charge in [-0.05, 0) is 31.4 Å². The average Bonchev–Trinajstić information content (AvgIpc) is 2.46. The smallest absolute Gasteiger partial charge is 0.335 e. The van der Waals surface area contributed by atoms with E-state index in [0.717, 1.165) is 38.8 Å². The third kappa shape index (κ3) is 2.38. The van der Waals surface area contributed by atoms with E-state index in [0.29, 0.717) is 5.82 Å². The number of hydrogen-bond acceptors (Lipinski definition) is 4. The van der Waals surface area contributed by atoms with Gasteiger partial charge in [-0.3, -0.25) is 0 Å². The molecule has 1 aromatic heterocycles. The van der Waals surface area contributed by atoms with Gasteiger partial charge in [-0.15, -0.1) is 0 Å². The second-order valence-corrected chi connectivity index (χ2v) is 5.95. The number of pyridine rings is 1. The van der Waals surface area contributed by atoms with Crippen molar-refractivity contribution in [3.8, 4) is 0 Å². The van der Waals surface area contributed by atoms with E-state index >= 15 is 0 Å². The zero-order chi connectivity index (χ0) is 14.2. The Hall–Kier alpha value is -1.62. The lowest BCUT2D eigenvalue weighted by molar-refractivity contribution is -0.0613. The third-order valence-corrected chi connectivity index (χ3v) is 4.74. The van der Waals surface area contributed by atoms with Crippen molar-refractivity contribution in [3.63, 3.8) is 0 Å². The summed E-state index contributed by atoms with van der Waals surface area (Å²) in [6, 6.07) is 3.13. The van der Waals surface area contributed by atoms with Crippen LogP contribution in [-0.4, -0.2) is 39.9 Å². The molecule has 0 spiro atoms. The van der Waals surface area contributed by atoms with Crippen molar-refractivity contribution in [3.05, 3.63) is 23.9 Å². The maximum absolute atomic E-state index is 11.0. The molecule has 2 heterocycles. The molecule has 2 N–H and O–H groups in total. The van der Waals surface area contributed by atoms with Crippen molar-refractivity contribution in [2.24, 2.45) is 5.92 Å². The van der Waals surface area contributed by atoms with Crippen LogP contribution in [0, 0.1) is 5.92 Å². The Morgan fingerprint density at radius 3 is 3.05 bits per heavy atom. The summed E-state index contributed by atoms with van der Waals surface area (Å²) in [5, 5.41) is 19.7. The highest BCUT2D eigenvalue weighted by atomic mass is 16.4. The molecule has 5 nitrogen and oxygen atoms in total. The van der Waals surface area contributed by atoms with E-state index in [-0.39, 0.29) is 11.5 Å². The number of carboxylic acid groups (broad SMARTS) is 1. The second kappa shape index (κ2) is 5.05. The summed E-state index contributed by atoms with van der Waals surface area (Å²) >= 11 is 0. The molecule has 108 valence electrons. The number of fused-ring (bicyclic) bond motifs is 1. The molecule has 2 atom stereocenters.